The van der Waals surface area contributed by atoms with Crippen LogP contribution in [0.1, 0.15) is 12.5 Å². The van der Waals surface area contributed by atoms with Gasteiger partial charge in [-0.15, -0.1) is 0 Å². The summed E-state index contributed by atoms with van der Waals surface area (Å²) in [5.41, 5.74) is 6.66. The minimum absolute atomic E-state index is 0.0950. The second kappa shape index (κ2) is 7.14. The normalized spacial score (nSPS) is 12.2. The van der Waals surface area contributed by atoms with Crippen molar-refractivity contribution in [2.75, 3.05) is 26.9 Å². The van der Waals surface area contributed by atoms with Crippen LogP contribution in [-0.4, -0.2) is 32.0 Å². The third kappa shape index (κ3) is 3.91. The van der Waals surface area contributed by atoms with Crippen LogP contribution in [0.5, 0.6) is 11.5 Å². The van der Waals surface area contributed by atoms with Crippen molar-refractivity contribution in [3.05, 3.63) is 23.8 Å². The van der Waals surface area contributed by atoms with Crippen LogP contribution >= 0.6 is 0 Å². The highest BCUT2D eigenvalue weighted by molar-refractivity contribution is 5.43. The lowest BCUT2D eigenvalue weighted by molar-refractivity contribution is 0.229. The lowest BCUT2D eigenvalue weighted by Gasteiger charge is -2.14. The lowest BCUT2D eigenvalue weighted by atomic mass is 10.00. The summed E-state index contributed by atoms with van der Waals surface area (Å²) < 4.78 is 10.7. The predicted molar refractivity (Wildman–Crippen MR) is 67.5 cm³/mol. The molecular formula is C13H21NO3. The van der Waals surface area contributed by atoms with Gasteiger partial charge in [0.25, 0.3) is 0 Å². The van der Waals surface area contributed by atoms with Crippen LogP contribution in [0.15, 0.2) is 18.2 Å². The summed E-state index contributed by atoms with van der Waals surface area (Å²) in [7, 11) is 1.62. The Morgan fingerprint density at radius 2 is 2.12 bits per heavy atom. The zero-order chi connectivity index (χ0) is 12.7. The van der Waals surface area contributed by atoms with Crippen molar-refractivity contribution in [2.45, 2.75) is 13.3 Å². The Morgan fingerprint density at radius 1 is 1.35 bits per heavy atom. The lowest BCUT2D eigenvalue weighted by Crippen LogP contribution is -2.20. The number of aliphatic hydroxyl groups is 1. The highest BCUT2D eigenvalue weighted by Crippen LogP contribution is 2.28. The summed E-state index contributed by atoms with van der Waals surface area (Å²) in [6.45, 7) is 3.12. The van der Waals surface area contributed by atoms with Crippen molar-refractivity contribution in [3.63, 3.8) is 0 Å². The average molecular weight is 239 g/mol. The topological polar surface area (TPSA) is 64.7 Å². The largest absolute Gasteiger partial charge is 0.493 e. The van der Waals surface area contributed by atoms with Crippen LogP contribution in [0.4, 0.5) is 0 Å². The Kier molecular flexibility index (Phi) is 5.80. The maximum Gasteiger partial charge on any atom is 0.161 e. The quantitative estimate of drug-likeness (QED) is 0.750. The molecule has 96 valence electrons. The molecule has 0 heterocycles. The van der Waals surface area contributed by atoms with Crippen LogP contribution in [0.3, 0.4) is 0 Å². The van der Waals surface area contributed by atoms with Crippen LogP contribution in [0, 0.1) is 5.92 Å². The van der Waals surface area contributed by atoms with Crippen LogP contribution in [0.25, 0.3) is 0 Å². The average Bonchev–Trinajstić information content (AvgIpc) is 2.37. The molecule has 0 spiro atoms. The molecule has 0 saturated carbocycles. The monoisotopic (exact) mass is 239 g/mol. The van der Waals surface area contributed by atoms with E-state index in [1.807, 2.05) is 25.1 Å². The smallest absolute Gasteiger partial charge is 0.161 e. The first-order chi connectivity index (χ1) is 8.24. The van der Waals surface area contributed by atoms with E-state index in [9.17, 15) is 0 Å². The number of methoxy groups -OCH3 is 1. The molecule has 0 aromatic heterocycles. The molecular weight excluding hydrogens is 218 g/mol. The molecule has 1 rings (SSSR count). The van der Waals surface area contributed by atoms with Crippen molar-refractivity contribution in [3.8, 4) is 11.5 Å². The van der Waals surface area contributed by atoms with E-state index in [4.69, 9.17) is 20.3 Å². The molecule has 17 heavy (non-hydrogen) atoms. The Labute approximate surface area is 102 Å². The second-order valence-corrected chi connectivity index (χ2v) is 3.91. The molecule has 0 aliphatic carbocycles. The third-order valence-electron chi connectivity index (χ3n) is 2.64. The molecule has 1 atom stereocenters. The molecule has 1 aromatic rings. The maximum absolute atomic E-state index is 9.12. The van der Waals surface area contributed by atoms with E-state index in [1.54, 1.807) is 7.11 Å². The first-order valence-electron chi connectivity index (χ1n) is 5.85. The van der Waals surface area contributed by atoms with Gasteiger partial charge in [-0.3, -0.25) is 0 Å². The Bertz CT molecular complexity index is 337. The molecule has 4 nitrogen and oxygen atoms in total. The number of benzene rings is 1. The van der Waals surface area contributed by atoms with E-state index in [0.29, 0.717) is 13.2 Å². The van der Waals surface area contributed by atoms with Gasteiger partial charge in [0.2, 0.25) is 0 Å². The number of aliphatic hydroxyl groups excluding tert-OH is 1. The Balaban J connectivity index is 2.81. The minimum atomic E-state index is 0.0950. The van der Waals surface area contributed by atoms with Crippen molar-refractivity contribution < 1.29 is 14.6 Å². The summed E-state index contributed by atoms with van der Waals surface area (Å²) in [6.07, 6.45) is 0.746. The summed E-state index contributed by atoms with van der Waals surface area (Å²) in [5.74, 6) is 1.56. The van der Waals surface area contributed by atoms with Gasteiger partial charge >= 0.3 is 0 Å². The van der Waals surface area contributed by atoms with Gasteiger partial charge in [0, 0.05) is 6.61 Å². The van der Waals surface area contributed by atoms with E-state index in [1.165, 1.54) is 0 Å². The van der Waals surface area contributed by atoms with Crippen molar-refractivity contribution in [2.24, 2.45) is 11.7 Å². The number of ether oxygens (including phenoxy) is 2. The van der Waals surface area contributed by atoms with E-state index < -0.39 is 0 Å². The van der Waals surface area contributed by atoms with Crippen molar-refractivity contribution in [1.82, 2.24) is 0 Å². The van der Waals surface area contributed by atoms with E-state index in [2.05, 4.69) is 0 Å². The molecule has 0 saturated heterocycles. The molecule has 0 aliphatic heterocycles. The zero-order valence-electron chi connectivity index (χ0n) is 10.5. The summed E-state index contributed by atoms with van der Waals surface area (Å²) >= 11 is 0. The van der Waals surface area contributed by atoms with Gasteiger partial charge in [-0.05, 0) is 43.5 Å². The highest BCUT2D eigenvalue weighted by atomic mass is 16.5. The summed E-state index contributed by atoms with van der Waals surface area (Å²) in [4.78, 5) is 0. The van der Waals surface area contributed by atoms with E-state index in [-0.39, 0.29) is 12.5 Å². The van der Waals surface area contributed by atoms with Gasteiger partial charge in [0.1, 0.15) is 0 Å². The number of hydrogen-bond acceptors (Lipinski definition) is 4. The molecule has 0 amide bonds. The Hall–Kier alpha value is -1.26. The molecule has 1 unspecified atom stereocenters. The standard InChI is InChI=1S/C13H21NO3/c1-3-17-12-5-4-10(7-13(12)16-2)6-11(8-14)9-15/h4-5,7,11,15H,3,6,8-9,14H2,1-2H3. The molecule has 1 aromatic carbocycles. The zero-order valence-corrected chi connectivity index (χ0v) is 10.5. The van der Waals surface area contributed by atoms with Gasteiger partial charge in [-0.25, -0.2) is 0 Å². The minimum Gasteiger partial charge on any atom is -0.493 e. The van der Waals surface area contributed by atoms with Crippen molar-refractivity contribution in [1.29, 1.82) is 0 Å². The fraction of sp³-hybridized carbons (Fsp3) is 0.538. The second-order valence-electron chi connectivity index (χ2n) is 3.91. The van der Waals surface area contributed by atoms with Gasteiger partial charge in [-0.1, -0.05) is 6.07 Å². The third-order valence-corrected chi connectivity index (χ3v) is 2.64. The van der Waals surface area contributed by atoms with Gasteiger partial charge in [0.15, 0.2) is 11.5 Å². The number of rotatable bonds is 7. The molecule has 0 aliphatic rings. The fourth-order valence-corrected chi connectivity index (χ4v) is 1.67. The molecule has 4 heteroatoms. The summed E-state index contributed by atoms with van der Waals surface area (Å²) in [5, 5.41) is 9.12. The van der Waals surface area contributed by atoms with Crippen LogP contribution in [-0.2, 0) is 6.42 Å². The fourth-order valence-electron chi connectivity index (χ4n) is 1.67. The van der Waals surface area contributed by atoms with Crippen LogP contribution < -0.4 is 15.2 Å². The molecule has 0 fully saturated rings. The first kappa shape index (κ1) is 13.8. The van der Waals surface area contributed by atoms with Crippen LogP contribution in [0.2, 0.25) is 0 Å². The number of hydrogen-bond donors (Lipinski definition) is 2. The molecule has 0 bridgehead atoms. The van der Waals surface area contributed by atoms with Crippen molar-refractivity contribution >= 4 is 0 Å². The number of nitrogens with two attached hydrogens (primary N) is 1. The Morgan fingerprint density at radius 3 is 2.65 bits per heavy atom. The van der Waals surface area contributed by atoms with Gasteiger partial charge in [0.05, 0.1) is 13.7 Å². The summed E-state index contributed by atoms with van der Waals surface area (Å²) in [6, 6.07) is 5.80. The van der Waals surface area contributed by atoms with Gasteiger partial charge < -0.3 is 20.3 Å². The van der Waals surface area contributed by atoms with E-state index in [0.717, 1.165) is 23.5 Å². The SMILES string of the molecule is CCOc1ccc(CC(CN)CO)cc1OC. The van der Waals surface area contributed by atoms with Gasteiger partial charge in [-0.2, -0.15) is 0 Å². The predicted octanol–water partition coefficient (Wildman–Crippen LogP) is 1.20. The maximum atomic E-state index is 9.12. The molecule has 3 N–H and O–H groups in total. The highest BCUT2D eigenvalue weighted by Gasteiger charge is 2.09. The molecule has 0 radical (unpaired) electrons. The van der Waals surface area contributed by atoms with E-state index >= 15 is 0 Å². The first-order valence-corrected chi connectivity index (χ1v) is 5.85.